The Morgan fingerprint density at radius 2 is 2.36 bits per heavy atom. The molecule has 1 heterocycles. The molecule has 1 saturated heterocycles. The molecule has 1 rings (SSSR count). The fourth-order valence-electron chi connectivity index (χ4n) is 1.41. The maximum Gasteiger partial charge on any atom is 0.216 e. The molecule has 64 valence electrons. The van der Waals surface area contributed by atoms with Crippen molar-refractivity contribution in [1.29, 1.82) is 0 Å². The van der Waals surface area contributed by atoms with Crippen molar-refractivity contribution in [2.24, 2.45) is 11.8 Å². The van der Waals surface area contributed by atoms with Crippen LogP contribution in [0, 0.1) is 11.8 Å². The molecule has 0 aromatic heterocycles. The molecule has 0 aromatic rings. The van der Waals surface area contributed by atoms with Crippen molar-refractivity contribution in [2.75, 3.05) is 19.6 Å². The third-order valence-corrected chi connectivity index (χ3v) is 2.29. The van der Waals surface area contributed by atoms with Gasteiger partial charge in [-0.15, -0.1) is 0 Å². The van der Waals surface area contributed by atoms with Crippen molar-refractivity contribution < 1.29 is 4.79 Å². The maximum absolute atomic E-state index is 10.6. The zero-order valence-corrected chi connectivity index (χ0v) is 7.18. The average Bonchev–Trinajstić information content (AvgIpc) is 2.31. The van der Waals surface area contributed by atoms with Gasteiger partial charge in [0.15, 0.2) is 0 Å². The normalized spacial score (nSPS) is 30.4. The van der Waals surface area contributed by atoms with E-state index >= 15 is 0 Å². The molecule has 3 heteroatoms. The fraction of sp³-hybridized carbons (Fsp3) is 0.875. The highest BCUT2D eigenvalue weighted by Gasteiger charge is 2.22. The molecule has 0 spiro atoms. The minimum absolute atomic E-state index is 0.0732. The zero-order valence-electron chi connectivity index (χ0n) is 7.18. The lowest BCUT2D eigenvalue weighted by molar-refractivity contribution is -0.119. The van der Waals surface area contributed by atoms with Crippen molar-refractivity contribution >= 4 is 5.91 Å². The molecule has 0 aromatic carbocycles. The first-order valence-electron chi connectivity index (χ1n) is 4.15. The Morgan fingerprint density at radius 1 is 1.64 bits per heavy atom. The molecular weight excluding hydrogens is 140 g/mol. The van der Waals surface area contributed by atoms with Crippen LogP contribution in [0.3, 0.4) is 0 Å². The molecular formula is C8H16N2O. The lowest BCUT2D eigenvalue weighted by Gasteiger charge is -2.13. The molecule has 11 heavy (non-hydrogen) atoms. The first kappa shape index (κ1) is 8.53. The van der Waals surface area contributed by atoms with Gasteiger partial charge in [0, 0.05) is 13.5 Å². The van der Waals surface area contributed by atoms with E-state index in [2.05, 4.69) is 17.6 Å². The Hall–Kier alpha value is -0.570. The van der Waals surface area contributed by atoms with Gasteiger partial charge in [0.25, 0.3) is 0 Å². The van der Waals surface area contributed by atoms with Crippen LogP contribution in [-0.4, -0.2) is 25.5 Å². The summed E-state index contributed by atoms with van der Waals surface area (Å²) >= 11 is 0. The van der Waals surface area contributed by atoms with Crippen LogP contribution in [0.4, 0.5) is 0 Å². The second kappa shape index (κ2) is 3.72. The van der Waals surface area contributed by atoms with Crippen molar-refractivity contribution in [3.63, 3.8) is 0 Å². The van der Waals surface area contributed by atoms with Gasteiger partial charge in [0.2, 0.25) is 5.91 Å². The smallest absolute Gasteiger partial charge is 0.216 e. The Bertz CT molecular complexity index is 147. The third kappa shape index (κ3) is 2.50. The summed E-state index contributed by atoms with van der Waals surface area (Å²) in [5.41, 5.74) is 0. The number of nitrogens with one attached hydrogen (secondary N) is 2. The molecule has 0 saturated carbocycles. The summed E-state index contributed by atoms with van der Waals surface area (Å²) in [6, 6.07) is 0. The highest BCUT2D eigenvalue weighted by atomic mass is 16.1. The monoisotopic (exact) mass is 156 g/mol. The highest BCUT2D eigenvalue weighted by molar-refractivity contribution is 5.72. The van der Waals surface area contributed by atoms with Crippen LogP contribution in [-0.2, 0) is 4.79 Å². The van der Waals surface area contributed by atoms with E-state index in [4.69, 9.17) is 0 Å². The van der Waals surface area contributed by atoms with Crippen molar-refractivity contribution in [3.05, 3.63) is 0 Å². The summed E-state index contributed by atoms with van der Waals surface area (Å²) in [6.07, 6.45) is 0. The quantitative estimate of drug-likeness (QED) is 0.590. The van der Waals surface area contributed by atoms with E-state index in [1.54, 1.807) is 6.92 Å². The molecule has 3 nitrogen and oxygen atoms in total. The Kier molecular flexibility index (Phi) is 2.88. The van der Waals surface area contributed by atoms with E-state index in [1.165, 1.54) is 0 Å². The van der Waals surface area contributed by atoms with Crippen molar-refractivity contribution in [2.45, 2.75) is 13.8 Å². The van der Waals surface area contributed by atoms with Crippen LogP contribution in [0.25, 0.3) is 0 Å². The van der Waals surface area contributed by atoms with Crippen LogP contribution < -0.4 is 10.6 Å². The van der Waals surface area contributed by atoms with Crippen molar-refractivity contribution in [3.8, 4) is 0 Å². The zero-order chi connectivity index (χ0) is 8.27. The SMILES string of the molecule is CC(=O)NC[C@@H]1CNC[C@@H]1C. The molecule has 2 atom stereocenters. The van der Waals surface area contributed by atoms with E-state index in [-0.39, 0.29) is 5.91 Å². The third-order valence-electron chi connectivity index (χ3n) is 2.29. The summed E-state index contributed by atoms with van der Waals surface area (Å²) < 4.78 is 0. The number of rotatable bonds is 2. The minimum Gasteiger partial charge on any atom is -0.356 e. The average molecular weight is 156 g/mol. The topological polar surface area (TPSA) is 41.1 Å². The van der Waals surface area contributed by atoms with Gasteiger partial charge in [0.1, 0.15) is 0 Å². The number of carbonyl (C=O) groups is 1. The molecule has 1 aliphatic heterocycles. The van der Waals surface area contributed by atoms with E-state index in [0.29, 0.717) is 11.8 Å². The molecule has 1 amide bonds. The summed E-state index contributed by atoms with van der Waals surface area (Å²) in [6.45, 7) is 6.73. The summed E-state index contributed by atoms with van der Waals surface area (Å²) in [5.74, 6) is 1.39. The molecule has 0 bridgehead atoms. The Labute approximate surface area is 67.5 Å². The number of amides is 1. The number of hydrogen-bond acceptors (Lipinski definition) is 2. The largest absolute Gasteiger partial charge is 0.356 e. The van der Waals surface area contributed by atoms with Gasteiger partial charge >= 0.3 is 0 Å². The molecule has 0 radical (unpaired) electrons. The van der Waals surface area contributed by atoms with Crippen LogP contribution >= 0.6 is 0 Å². The lowest BCUT2D eigenvalue weighted by atomic mass is 9.98. The van der Waals surface area contributed by atoms with Gasteiger partial charge in [-0.1, -0.05) is 6.92 Å². The first-order chi connectivity index (χ1) is 5.20. The molecule has 0 unspecified atom stereocenters. The van der Waals surface area contributed by atoms with Gasteiger partial charge in [-0.05, 0) is 24.9 Å². The summed E-state index contributed by atoms with van der Waals surface area (Å²) in [7, 11) is 0. The fourth-order valence-corrected chi connectivity index (χ4v) is 1.41. The molecule has 0 aliphatic carbocycles. The van der Waals surface area contributed by atoms with E-state index < -0.39 is 0 Å². The lowest BCUT2D eigenvalue weighted by Crippen LogP contribution is -2.30. The van der Waals surface area contributed by atoms with E-state index in [1.807, 2.05) is 0 Å². The summed E-state index contributed by atoms with van der Waals surface area (Å²) in [4.78, 5) is 10.6. The first-order valence-corrected chi connectivity index (χ1v) is 4.15. The predicted octanol–water partition coefficient (Wildman–Crippen LogP) is -0.0220. The maximum atomic E-state index is 10.6. The van der Waals surface area contributed by atoms with Gasteiger partial charge in [-0.2, -0.15) is 0 Å². The Morgan fingerprint density at radius 3 is 2.82 bits per heavy atom. The molecule has 1 fully saturated rings. The highest BCUT2D eigenvalue weighted by Crippen LogP contribution is 2.13. The summed E-state index contributed by atoms with van der Waals surface area (Å²) in [5, 5.41) is 6.13. The van der Waals surface area contributed by atoms with Crippen LogP contribution in [0.1, 0.15) is 13.8 Å². The van der Waals surface area contributed by atoms with Crippen LogP contribution in [0.2, 0.25) is 0 Å². The Balaban J connectivity index is 2.20. The van der Waals surface area contributed by atoms with Gasteiger partial charge in [-0.25, -0.2) is 0 Å². The number of hydrogen-bond donors (Lipinski definition) is 2. The standard InChI is InChI=1S/C8H16N2O/c1-6-3-9-4-8(6)5-10-7(2)11/h6,8-9H,3-5H2,1-2H3,(H,10,11)/t6-,8-/m0/s1. The van der Waals surface area contributed by atoms with Gasteiger partial charge in [-0.3, -0.25) is 4.79 Å². The second-order valence-electron chi connectivity index (χ2n) is 3.33. The van der Waals surface area contributed by atoms with Crippen molar-refractivity contribution in [1.82, 2.24) is 10.6 Å². The van der Waals surface area contributed by atoms with Crippen LogP contribution in [0.15, 0.2) is 0 Å². The molecule has 2 N–H and O–H groups in total. The van der Waals surface area contributed by atoms with E-state index in [0.717, 1.165) is 19.6 Å². The molecule has 1 aliphatic rings. The van der Waals surface area contributed by atoms with E-state index in [9.17, 15) is 4.79 Å². The predicted molar refractivity (Wildman–Crippen MR) is 44.2 cm³/mol. The van der Waals surface area contributed by atoms with Crippen LogP contribution in [0.5, 0.6) is 0 Å². The van der Waals surface area contributed by atoms with Gasteiger partial charge < -0.3 is 10.6 Å². The number of carbonyl (C=O) groups excluding carboxylic acids is 1. The second-order valence-corrected chi connectivity index (χ2v) is 3.33. The minimum atomic E-state index is 0.0732. The van der Waals surface area contributed by atoms with Gasteiger partial charge in [0.05, 0.1) is 0 Å².